The molecule has 0 aliphatic carbocycles. The zero-order valence-corrected chi connectivity index (χ0v) is 17.1. The standard InChI is InChI=1S/C26H22N2O3/c1-17-21-16-27(18-10-4-2-5-11-18)26-23(25(29)20-14-8-9-15-22(20)30-26)24(21)28(31-17)19-12-6-3-7-13-19/h2-15,17,21,24H,16H2,1H3/t17-,21-,24+/m0/s1. The van der Waals surface area contributed by atoms with E-state index in [0.717, 1.165) is 11.4 Å². The summed E-state index contributed by atoms with van der Waals surface area (Å²) in [4.78, 5) is 22.3. The number of benzene rings is 3. The smallest absolute Gasteiger partial charge is 0.209 e. The summed E-state index contributed by atoms with van der Waals surface area (Å²) in [7, 11) is 0. The number of fused-ring (bicyclic) bond motifs is 4. The molecule has 1 fully saturated rings. The molecule has 1 saturated heterocycles. The van der Waals surface area contributed by atoms with Crippen LogP contribution in [0.1, 0.15) is 18.5 Å². The van der Waals surface area contributed by atoms with Gasteiger partial charge in [-0.2, -0.15) is 0 Å². The van der Waals surface area contributed by atoms with E-state index in [1.807, 2.05) is 77.9 Å². The summed E-state index contributed by atoms with van der Waals surface area (Å²) in [6.45, 7) is 2.78. The van der Waals surface area contributed by atoms with Gasteiger partial charge in [0.15, 0.2) is 5.43 Å². The van der Waals surface area contributed by atoms with Crippen molar-refractivity contribution in [2.45, 2.75) is 19.1 Å². The van der Waals surface area contributed by atoms with Crippen molar-refractivity contribution >= 4 is 28.2 Å². The van der Waals surface area contributed by atoms with Crippen LogP contribution in [0.25, 0.3) is 11.0 Å². The minimum absolute atomic E-state index is 0.00566. The summed E-state index contributed by atoms with van der Waals surface area (Å²) < 4.78 is 6.40. The Morgan fingerprint density at radius 2 is 1.48 bits per heavy atom. The SMILES string of the molecule is C[C@@H]1ON(c2ccccc2)[C@H]2c3c(oc4ccccc4c3=O)N(c3ccccc3)C[C@@H]12. The number of para-hydroxylation sites is 3. The predicted octanol–water partition coefficient (Wildman–Crippen LogP) is 5.44. The van der Waals surface area contributed by atoms with Gasteiger partial charge >= 0.3 is 0 Å². The Morgan fingerprint density at radius 3 is 2.23 bits per heavy atom. The second-order valence-corrected chi connectivity index (χ2v) is 8.17. The summed E-state index contributed by atoms with van der Waals surface area (Å²) in [6, 6.07) is 27.3. The van der Waals surface area contributed by atoms with Gasteiger partial charge in [0.1, 0.15) is 5.58 Å². The first kappa shape index (κ1) is 18.2. The van der Waals surface area contributed by atoms with E-state index in [0.29, 0.717) is 29.0 Å². The van der Waals surface area contributed by atoms with Crippen LogP contribution in [0.5, 0.6) is 0 Å². The molecule has 0 unspecified atom stereocenters. The second-order valence-electron chi connectivity index (χ2n) is 8.17. The van der Waals surface area contributed by atoms with E-state index in [-0.39, 0.29) is 23.5 Å². The largest absolute Gasteiger partial charge is 0.440 e. The summed E-state index contributed by atoms with van der Waals surface area (Å²) >= 11 is 0. The van der Waals surface area contributed by atoms with E-state index in [9.17, 15) is 4.79 Å². The van der Waals surface area contributed by atoms with Crippen LogP contribution in [-0.2, 0) is 4.84 Å². The van der Waals surface area contributed by atoms with E-state index in [1.165, 1.54) is 0 Å². The molecule has 6 rings (SSSR count). The topological polar surface area (TPSA) is 45.9 Å². The number of hydroxylamine groups is 1. The summed E-state index contributed by atoms with van der Waals surface area (Å²) in [6.07, 6.45) is -0.0459. The van der Waals surface area contributed by atoms with E-state index in [2.05, 4.69) is 24.0 Å². The molecule has 0 bridgehead atoms. The van der Waals surface area contributed by atoms with Crippen LogP contribution in [0, 0.1) is 5.92 Å². The first-order valence-corrected chi connectivity index (χ1v) is 10.6. The third-order valence-corrected chi connectivity index (χ3v) is 6.37. The van der Waals surface area contributed by atoms with Gasteiger partial charge in [0, 0.05) is 18.2 Å². The van der Waals surface area contributed by atoms with Gasteiger partial charge in [0.25, 0.3) is 0 Å². The zero-order chi connectivity index (χ0) is 20.9. The highest BCUT2D eigenvalue weighted by molar-refractivity contribution is 5.81. The Bertz CT molecular complexity index is 1300. The second kappa shape index (κ2) is 7.00. The lowest BCUT2D eigenvalue weighted by Gasteiger charge is -2.38. The van der Waals surface area contributed by atoms with Crippen LogP contribution in [0.3, 0.4) is 0 Å². The number of nitrogens with zero attached hydrogens (tertiary/aromatic N) is 2. The maximum atomic E-state index is 13.8. The molecule has 31 heavy (non-hydrogen) atoms. The number of hydrogen-bond donors (Lipinski definition) is 0. The fraction of sp³-hybridized carbons (Fsp3) is 0.192. The van der Waals surface area contributed by atoms with Gasteiger partial charge in [-0.3, -0.25) is 9.63 Å². The maximum Gasteiger partial charge on any atom is 0.209 e. The van der Waals surface area contributed by atoms with Crippen molar-refractivity contribution in [3.8, 4) is 0 Å². The molecular weight excluding hydrogens is 388 g/mol. The Kier molecular flexibility index (Phi) is 4.11. The Morgan fingerprint density at radius 1 is 0.839 bits per heavy atom. The minimum Gasteiger partial charge on any atom is -0.440 e. The highest BCUT2D eigenvalue weighted by atomic mass is 16.7. The predicted molar refractivity (Wildman–Crippen MR) is 122 cm³/mol. The summed E-state index contributed by atoms with van der Waals surface area (Å²) in [5.41, 5.74) is 3.21. The van der Waals surface area contributed by atoms with Crippen molar-refractivity contribution in [1.29, 1.82) is 0 Å². The molecule has 4 aromatic rings. The Balaban J connectivity index is 1.62. The normalized spacial score (nSPS) is 22.4. The molecule has 154 valence electrons. The van der Waals surface area contributed by atoms with Gasteiger partial charge in [-0.05, 0) is 43.3 Å². The molecule has 3 aromatic carbocycles. The van der Waals surface area contributed by atoms with Crippen LogP contribution >= 0.6 is 0 Å². The Hall–Kier alpha value is -3.57. The molecule has 0 radical (unpaired) electrons. The zero-order valence-electron chi connectivity index (χ0n) is 17.1. The molecule has 3 atom stereocenters. The van der Waals surface area contributed by atoms with Crippen LogP contribution < -0.4 is 15.4 Å². The lowest BCUT2D eigenvalue weighted by Crippen LogP contribution is -2.41. The maximum absolute atomic E-state index is 13.8. The average molecular weight is 410 g/mol. The van der Waals surface area contributed by atoms with Crippen molar-refractivity contribution in [2.24, 2.45) is 5.92 Å². The third-order valence-electron chi connectivity index (χ3n) is 6.37. The quantitative estimate of drug-likeness (QED) is 0.440. The average Bonchev–Trinajstić information content (AvgIpc) is 3.16. The lowest BCUT2D eigenvalue weighted by atomic mass is 9.85. The first-order chi connectivity index (χ1) is 15.2. The van der Waals surface area contributed by atoms with Gasteiger partial charge in [0.05, 0.1) is 28.8 Å². The van der Waals surface area contributed by atoms with Crippen molar-refractivity contribution in [3.63, 3.8) is 0 Å². The van der Waals surface area contributed by atoms with E-state index < -0.39 is 0 Å². The Labute approximate surface area is 180 Å². The summed E-state index contributed by atoms with van der Waals surface area (Å²) in [5.74, 6) is 0.715. The number of hydrogen-bond acceptors (Lipinski definition) is 5. The highest BCUT2D eigenvalue weighted by Gasteiger charge is 2.50. The van der Waals surface area contributed by atoms with Crippen LogP contribution in [-0.4, -0.2) is 12.6 Å². The van der Waals surface area contributed by atoms with Gasteiger partial charge in [-0.15, -0.1) is 0 Å². The molecule has 0 spiro atoms. The molecule has 5 heteroatoms. The van der Waals surface area contributed by atoms with Gasteiger partial charge < -0.3 is 9.32 Å². The molecule has 3 heterocycles. The van der Waals surface area contributed by atoms with Crippen molar-refractivity contribution in [1.82, 2.24) is 0 Å². The lowest BCUT2D eigenvalue weighted by molar-refractivity contribution is 0.0841. The molecule has 1 aromatic heterocycles. The van der Waals surface area contributed by atoms with Crippen molar-refractivity contribution in [2.75, 3.05) is 16.5 Å². The van der Waals surface area contributed by atoms with E-state index >= 15 is 0 Å². The molecule has 0 saturated carbocycles. The minimum atomic E-state index is -0.215. The molecule has 5 nitrogen and oxygen atoms in total. The number of anilines is 3. The molecule has 2 aliphatic heterocycles. The van der Waals surface area contributed by atoms with Crippen LogP contribution in [0.4, 0.5) is 17.3 Å². The fourth-order valence-electron chi connectivity index (χ4n) is 4.86. The fourth-order valence-corrected chi connectivity index (χ4v) is 4.86. The monoisotopic (exact) mass is 410 g/mol. The van der Waals surface area contributed by atoms with Gasteiger partial charge in [-0.25, -0.2) is 5.06 Å². The van der Waals surface area contributed by atoms with Gasteiger partial charge in [-0.1, -0.05) is 48.5 Å². The van der Waals surface area contributed by atoms with Gasteiger partial charge in [0.2, 0.25) is 5.88 Å². The molecular formula is C26H22N2O3. The van der Waals surface area contributed by atoms with E-state index in [4.69, 9.17) is 9.25 Å². The number of rotatable bonds is 2. The van der Waals surface area contributed by atoms with Crippen molar-refractivity contribution in [3.05, 3.63) is 101 Å². The first-order valence-electron chi connectivity index (χ1n) is 10.6. The molecule has 2 aliphatic rings. The molecule has 0 amide bonds. The summed E-state index contributed by atoms with van der Waals surface area (Å²) in [5, 5.41) is 2.50. The third kappa shape index (κ3) is 2.77. The van der Waals surface area contributed by atoms with E-state index in [1.54, 1.807) is 0 Å². The van der Waals surface area contributed by atoms with Crippen LogP contribution in [0.2, 0.25) is 0 Å². The molecule has 0 N–H and O–H groups in total. The van der Waals surface area contributed by atoms with Crippen molar-refractivity contribution < 1.29 is 9.25 Å². The van der Waals surface area contributed by atoms with Crippen LogP contribution in [0.15, 0.2) is 94.1 Å². The highest BCUT2D eigenvalue weighted by Crippen LogP contribution is 2.50.